The van der Waals surface area contributed by atoms with Gasteiger partial charge in [-0.2, -0.15) is 10.2 Å². The van der Waals surface area contributed by atoms with Crippen molar-refractivity contribution in [2.45, 2.75) is 44.8 Å². The second-order valence-corrected chi connectivity index (χ2v) is 9.11. The van der Waals surface area contributed by atoms with E-state index in [1.54, 1.807) is 24.3 Å². The molecule has 1 aromatic heterocycles. The normalized spacial score (nSPS) is 21.5. The summed E-state index contributed by atoms with van der Waals surface area (Å²) in [6.07, 6.45) is 3.18. The molecule has 3 unspecified atom stereocenters. The van der Waals surface area contributed by atoms with E-state index in [0.717, 1.165) is 31.4 Å². The second-order valence-electron chi connectivity index (χ2n) is 9.11. The molecule has 2 aromatic carbocycles. The van der Waals surface area contributed by atoms with Crippen molar-refractivity contribution in [3.8, 4) is 11.8 Å². The van der Waals surface area contributed by atoms with Crippen LogP contribution in [0.3, 0.4) is 0 Å². The number of piperidine rings is 1. The van der Waals surface area contributed by atoms with Crippen LogP contribution < -0.4 is 20.5 Å². The Balaban J connectivity index is 1.46. The molecule has 2 N–H and O–H groups in total. The molecule has 2 aliphatic rings. The number of carbonyl (C=O) groups excluding carboxylic acids is 1. The number of carbonyl (C=O) groups is 1. The molecule has 1 saturated heterocycles. The lowest BCUT2D eigenvalue weighted by Gasteiger charge is -2.35. The van der Waals surface area contributed by atoms with Crippen molar-refractivity contribution in [1.82, 2.24) is 9.97 Å². The fourth-order valence-electron chi connectivity index (χ4n) is 4.92. The SMILES string of the molecule is CC1CCCCN1c1nc2c(c(=O)[nH]1)C(c1ccc(OCc3ccccc3)cc1)C(C#N)C(=O)N2. The van der Waals surface area contributed by atoms with Gasteiger partial charge in [0.15, 0.2) is 0 Å². The van der Waals surface area contributed by atoms with Crippen molar-refractivity contribution in [2.75, 3.05) is 16.8 Å². The summed E-state index contributed by atoms with van der Waals surface area (Å²) in [5.41, 5.74) is 1.71. The highest BCUT2D eigenvalue weighted by molar-refractivity contribution is 5.98. The van der Waals surface area contributed by atoms with E-state index in [9.17, 15) is 14.9 Å². The van der Waals surface area contributed by atoms with E-state index in [2.05, 4.69) is 33.2 Å². The van der Waals surface area contributed by atoms with Crippen molar-refractivity contribution in [1.29, 1.82) is 5.26 Å². The Bertz CT molecular complexity index is 1310. The van der Waals surface area contributed by atoms with E-state index in [4.69, 9.17) is 4.74 Å². The number of rotatable bonds is 5. The zero-order valence-electron chi connectivity index (χ0n) is 19.5. The van der Waals surface area contributed by atoms with Gasteiger partial charge in [-0.3, -0.25) is 14.6 Å². The first-order valence-corrected chi connectivity index (χ1v) is 11.9. The maximum absolute atomic E-state index is 13.3. The minimum absolute atomic E-state index is 0.229. The topological polar surface area (TPSA) is 111 Å². The van der Waals surface area contributed by atoms with Gasteiger partial charge in [0.05, 0.1) is 11.6 Å². The second kappa shape index (κ2) is 9.63. The van der Waals surface area contributed by atoms with Crippen LogP contribution in [-0.4, -0.2) is 28.5 Å². The van der Waals surface area contributed by atoms with Crippen molar-refractivity contribution < 1.29 is 9.53 Å². The van der Waals surface area contributed by atoms with Crippen LogP contribution in [0, 0.1) is 17.2 Å². The highest BCUT2D eigenvalue weighted by Gasteiger charge is 2.40. The molecule has 0 spiro atoms. The molecule has 178 valence electrons. The van der Waals surface area contributed by atoms with Gasteiger partial charge >= 0.3 is 0 Å². The molecule has 8 nitrogen and oxygen atoms in total. The summed E-state index contributed by atoms with van der Waals surface area (Å²) in [4.78, 5) is 35.8. The van der Waals surface area contributed by atoms with Gasteiger partial charge in [0.25, 0.3) is 5.56 Å². The van der Waals surface area contributed by atoms with Crippen LogP contribution in [-0.2, 0) is 11.4 Å². The van der Waals surface area contributed by atoms with E-state index in [1.165, 1.54) is 0 Å². The number of aromatic nitrogens is 2. The Morgan fingerprint density at radius 2 is 1.89 bits per heavy atom. The summed E-state index contributed by atoms with van der Waals surface area (Å²) >= 11 is 0. The van der Waals surface area contributed by atoms with Crippen LogP contribution in [0.5, 0.6) is 5.75 Å². The number of anilines is 2. The van der Waals surface area contributed by atoms with Gasteiger partial charge in [-0.1, -0.05) is 42.5 Å². The van der Waals surface area contributed by atoms with E-state index < -0.39 is 17.7 Å². The van der Waals surface area contributed by atoms with Crippen LogP contribution in [0.4, 0.5) is 11.8 Å². The number of ether oxygens (including phenoxy) is 1. The molecule has 1 fully saturated rings. The third kappa shape index (κ3) is 4.50. The van der Waals surface area contributed by atoms with Gasteiger partial charge in [0, 0.05) is 18.5 Å². The van der Waals surface area contributed by atoms with Crippen LogP contribution in [0.25, 0.3) is 0 Å². The van der Waals surface area contributed by atoms with Gasteiger partial charge in [0.1, 0.15) is 24.1 Å². The molecule has 8 heteroatoms. The maximum Gasteiger partial charge on any atom is 0.258 e. The highest BCUT2D eigenvalue weighted by Crippen LogP contribution is 2.39. The first-order valence-electron chi connectivity index (χ1n) is 11.9. The number of fused-ring (bicyclic) bond motifs is 1. The summed E-state index contributed by atoms with van der Waals surface area (Å²) < 4.78 is 5.86. The lowest BCUT2D eigenvalue weighted by atomic mass is 9.79. The number of amides is 1. The van der Waals surface area contributed by atoms with E-state index >= 15 is 0 Å². The molecule has 1 amide bonds. The number of nitrogens with one attached hydrogen (secondary N) is 2. The number of hydrogen-bond donors (Lipinski definition) is 2. The van der Waals surface area contributed by atoms with Gasteiger partial charge in [-0.05, 0) is 49.4 Å². The van der Waals surface area contributed by atoms with E-state index in [-0.39, 0.29) is 17.4 Å². The Morgan fingerprint density at radius 1 is 1.11 bits per heavy atom. The van der Waals surface area contributed by atoms with Crippen molar-refractivity contribution in [3.63, 3.8) is 0 Å². The van der Waals surface area contributed by atoms with Gasteiger partial charge < -0.3 is 15.0 Å². The molecule has 0 saturated carbocycles. The first kappa shape index (κ1) is 22.7. The fraction of sp³-hybridized carbons (Fsp3) is 0.333. The molecule has 5 rings (SSSR count). The minimum atomic E-state index is -1.04. The molecular weight excluding hydrogens is 442 g/mol. The summed E-state index contributed by atoms with van der Waals surface area (Å²) in [5, 5.41) is 12.5. The van der Waals surface area contributed by atoms with Crippen molar-refractivity contribution in [3.05, 3.63) is 81.6 Å². The van der Waals surface area contributed by atoms with E-state index in [0.29, 0.717) is 29.4 Å². The zero-order valence-corrected chi connectivity index (χ0v) is 19.5. The Labute approximate surface area is 203 Å². The third-order valence-corrected chi connectivity index (χ3v) is 6.81. The lowest BCUT2D eigenvalue weighted by Crippen LogP contribution is -2.42. The molecule has 0 bridgehead atoms. The van der Waals surface area contributed by atoms with Crippen molar-refractivity contribution in [2.24, 2.45) is 5.92 Å². The Hall–Kier alpha value is -4.12. The van der Waals surface area contributed by atoms with Gasteiger partial charge in [-0.15, -0.1) is 0 Å². The van der Waals surface area contributed by atoms with E-state index in [1.807, 2.05) is 30.3 Å². The number of nitriles is 1. The fourth-order valence-corrected chi connectivity index (χ4v) is 4.92. The Morgan fingerprint density at radius 3 is 2.60 bits per heavy atom. The number of hydrogen-bond acceptors (Lipinski definition) is 6. The standard InChI is InChI=1S/C27H27N5O3/c1-17-7-5-6-14-32(17)27-30-24-23(26(34)31-27)22(21(15-28)25(33)29-24)19-10-12-20(13-11-19)35-16-18-8-3-2-4-9-18/h2-4,8-13,17,21-22H,5-7,14,16H2,1H3,(H2,29,30,31,33,34). The maximum atomic E-state index is 13.3. The predicted molar refractivity (Wildman–Crippen MR) is 132 cm³/mol. The van der Waals surface area contributed by atoms with Crippen LogP contribution in [0.15, 0.2) is 59.4 Å². The number of benzene rings is 2. The zero-order chi connectivity index (χ0) is 24.4. The highest BCUT2D eigenvalue weighted by atomic mass is 16.5. The summed E-state index contributed by atoms with van der Waals surface area (Å²) in [5.74, 6) is -0.872. The summed E-state index contributed by atoms with van der Waals surface area (Å²) in [6, 6.07) is 19.4. The number of nitrogens with zero attached hydrogens (tertiary/aromatic N) is 3. The number of aromatic amines is 1. The number of H-pyrrole nitrogens is 1. The van der Waals surface area contributed by atoms with Crippen LogP contribution in [0.2, 0.25) is 0 Å². The molecular formula is C27H27N5O3. The molecule has 0 aliphatic carbocycles. The minimum Gasteiger partial charge on any atom is -0.489 e. The molecule has 3 heterocycles. The smallest absolute Gasteiger partial charge is 0.258 e. The molecule has 0 radical (unpaired) electrons. The quantitative estimate of drug-likeness (QED) is 0.585. The molecule has 35 heavy (non-hydrogen) atoms. The Kier molecular flexibility index (Phi) is 6.23. The monoisotopic (exact) mass is 469 g/mol. The lowest BCUT2D eigenvalue weighted by molar-refractivity contribution is -0.119. The van der Waals surface area contributed by atoms with Crippen LogP contribution >= 0.6 is 0 Å². The third-order valence-electron chi connectivity index (χ3n) is 6.81. The molecule has 2 aliphatic heterocycles. The molecule has 3 aromatic rings. The van der Waals surface area contributed by atoms with Crippen LogP contribution in [0.1, 0.15) is 48.8 Å². The van der Waals surface area contributed by atoms with Gasteiger partial charge in [0.2, 0.25) is 11.9 Å². The largest absolute Gasteiger partial charge is 0.489 e. The average Bonchev–Trinajstić information content (AvgIpc) is 2.88. The van der Waals surface area contributed by atoms with Gasteiger partial charge in [-0.25, -0.2) is 0 Å². The molecule has 3 atom stereocenters. The van der Waals surface area contributed by atoms with Crippen molar-refractivity contribution >= 4 is 17.7 Å². The summed E-state index contributed by atoms with van der Waals surface area (Å²) in [6.45, 7) is 3.33. The average molecular weight is 470 g/mol. The summed E-state index contributed by atoms with van der Waals surface area (Å²) in [7, 11) is 0. The predicted octanol–water partition coefficient (Wildman–Crippen LogP) is 3.95. The first-order chi connectivity index (χ1) is 17.0.